The van der Waals surface area contributed by atoms with Gasteiger partial charge in [0.25, 0.3) is 0 Å². The van der Waals surface area contributed by atoms with Gasteiger partial charge in [-0.25, -0.2) is 4.79 Å². The molecule has 18 heavy (non-hydrogen) atoms. The van der Waals surface area contributed by atoms with Gasteiger partial charge in [-0.2, -0.15) is 0 Å². The van der Waals surface area contributed by atoms with Crippen molar-refractivity contribution in [3.05, 3.63) is 0 Å². The quantitative estimate of drug-likeness (QED) is 0.445. The predicted molar refractivity (Wildman–Crippen MR) is 61.7 cm³/mol. The molecule has 0 unspecified atom stereocenters. The van der Waals surface area contributed by atoms with Crippen molar-refractivity contribution >= 4 is 17.9 Å². The van der Waals surface area contributed by atoms with E-state index in [4.69, 9.17) is 15.6 Å². The number of hydrogen-bond acceptors (Lipinski definition) is 6. The molecule has 0 aliphatic carbocycles. The van der Waals surface area contributed by atoms with E-state index in [2.05, 4.69) is 4.74 Å². The lowest BCUT2D eigenvalue weighted by molar-refractivity contribution is -0.159. The Kier molecular flexibility index (Phi) is 8.55. The first kappa shape index (κ1) is 16.4. The molecule has 0 radical (unpaired) electrons. The van der Waals surface area contributed by atoms with Gasteiger partial charge in [0.15, 0.2) is 6.61 Å². The van der Waals surface area contributed by atoms with Gasteiger partial charge in [0.05, 0.1) is 6.61 Å². The lowest BCUT2D eigenvalue weighted by Crippen LogP contribution is -2.34. The molecule has 3 N–H and O–H groups in total. The largest absolute Gasteiger partial charge is 0.481 e. The molecule has 0 aromatic heterocycles. The Morgan fingerprint density at radius 2 is 1.94 bits per heavy atom. The Hall–Kier alpha value is -1.63. The van der Waals surface area contributed by atoms with E-state index in [0.717, 1.165) is 12.8 Å². The van der Waals surface area contributed by atoms with Crippen molar-refractivity contribution in [2.45, 2.75) is 38.6 Å². The van der Waals surface area contributed by atoms with Crippen LogP contribution in [0.2, 0.25) is 0 Å². The molecule has 0 aliphatic heterocycles. The molecular weight excluding hydrogens is 242 g/mol. The van der Waals surface area contributed by atoms with E-state index < -0.39 is 30.6 Å². The molecule has 0 aromatic carbocycles. The van der Waals surface area contributed by atoms with Crippen LogP contribution in [-0.4, -0.2) is 42.3 Å². The first-order valence-electron chi connectivity index (χ1n) is 5.77. The summed E-state index contributed by atoms with van der Waals surface area (Å²) in [5, 5.41) is 8.40. The summed E-state index contributed by atoms with van der Waals surface area (Å²) in [6, 6.07) is -1.04. The molecule has 0 heterocycles. The van der Waals surface area contributed by atoms with E-state index in [1.54, 1.807) is 0 Å². The normalized spacial score (nSPS) is 11.7. The van der Waals surface area contributed by atoms with Crippen LogP contribution < -0.4 is 5.73 Å². The zero-order valence-electron chi connectivity index (χ0n) is 10.4. The molecule has 0 aliphatic rings. The van der Waals surface area contributed by atoms with E-state index in [1.807, 2.05) is 6.92 Å². The highest BCUT2D eigenvalue weighted by atomic mass is 16.6. The number of carboxylic acid groups (broad SMARTS) is 1. The number of unbranched alkanes of at least 4 members (excludes halogenated alkanes) is 1. The average Bonchev–Trinajstić information content (AvgIpc) is 2.33. The molecule has 7 nitrogen and oxygen atoms in total. The maximum Gasteiger partial charge on any atom is 0.344 e. The maximum absolute atomic E-state index is 11.2. The van der Waals surface area contributed by atoms with Gasteiger partial charge in [-0.3, -0.25) is 9.59 Å². The Morgan fingerprint density at radius 3 is 2.50 bits per heavy atom. The molecule has 1 atom stereocenters. The number of nitrogens with two attached hydrogens (primary N) is 1. The Bertz CT molecular complexity index is 291. The first-order valence-corrected chi connectivity index (χ1v) is 5.77. The third-order valence-corrected chi connectivity index (χ3v) is 2.07. The zero-order chi connectivity index (χ0) is 14.0. The molecule has 0 aromatic rings. The highest BCUT2D eigenvalue weighted by Gasteiger charge is 2.17. The molecule has 0 bridgehead atoms. The van der Waals surface area contributed by atoms with E-state index in [1.165, 1.54) is 0 Å². The number of rotatable bonds is 9. The number of carboxylic acids is 1. The summed E-state index contributed by atoms with van der Waals surface area (Å²) in [6.07, 6.45) is 1.39. The van der Waals surface area contributed by atoms with Crippen molar-refractivity contribution < 1.29 is 29.0 Å². The second-order valence-electron chi connectivity index (χ2n) is 3.72. The molecule has 0 spiro atoms. The summed E-state index contributed by atoms with van der Waals surface area (Å²) >= 11 is 0. The van der Waals surface area contributed by atoms with Gasteiger partial charge in [-0.15, -0.1) is 0 Å². The number of hydrogen-bond donors (Lipinski definition) is 2. The predicted octanol–water partition coefficient (Wildman–Crippen LogP) is 0.0650. The molecule has 0 saturated carbocycles. The molecule has 0 amide bonds. The standard InChI is InChI=1S/C11H19NO6/c1-2-3-6-17-10(15)7-18-11(16)8(12)4-5-9(13)14/h8H,2-7,12H2,1H3,(H,13,14)/t8-/m0/s1. The van der Waals surface area contributed by atoms with Crippen LogP contribution in [0.1, 0.15) is 32.6 Å². The minimum absolute atomic E-state index is 0.0287. The number of carbonyl (C=O) groups is 3. The third-order valence-electron chi connectivity index (χ3n) is 2.07. The summed E-state index contributed by atoms with van der Waals surface area (Å²) < 4.78 is 9.36. The summed E-state index contributed by atoms with van der Waals surface area (Å²) in [5.74, 6) is -2.48. The summed E-state index contributed by atoms with van der Waals surface area (Å²) in [7, 11) is 0. The highest BCUT2D eigenvalue weighted by Crippen LogP contribution is 1.98. The monoisotopic (exact) mass is 261 g/mol. The van der Waals surface area contributed by atoms with E-state index in [9.17, 15) is 14.4 Å². The summed E-state index contributed by atoms with van der Waals surface area (Å²) in [4.78, 5) is 32.6. The fourth-order valence-corrected chi connectivity index (χ4v) is 1.01. The van der Waals surface area contributed by atoms with Crippen molar-refractivity contribution in [2.75, 3.05) is 13.2 Å². The van der Waals surface area contributed by atoms with E-state index >= 15 is 0 Å². The molecule has 7 heteroatoms. The van der Waals surface area contributed by atoms with Crippen molar-refractivity contribution in [2.24, 2.45) is 5.73 Å². The van der Waals surface area contributed by atoms with Crippen molar-refractivity contribution in [1.82, 2.24) is 0 Å². The van der Waals surface area contributed by atoms with Crippen LogP contribution in [0.25, 0.3) is 0 Å². The van der Waals surface area contributed by atoms with Crippen molar-refractivity contribution in [1.29, 1.82) is 0 Å². The van der Waals surface area contributed by atoms with Gasteiger partial charge >= 0.3 is 17.9 Å². The second-order valence-corrected chi connectivity index (χ2v) is 3.72. The van der Waals surface area contributed by atoms with Crippen LogP contribution in [0, 0.1) is 0 Å². The summed E-state index contributed by atoms with van der Waals surface area (Å²) in [6.45, 7) is 1.75. The molecule has 104 valence electrons. The summed E-state index contributed by atoms with van der Waals surface area (Å²) in [5.41, 5.74) is 5.38. The Labute approximate surface area is 105 Å². The zero-order valence-corrected chi connectivity index (χ0v) is 10.4. The van der Waals surface area contributed by atoms with Gasteiger partial charge in [0.2, 0.25) is 0 Å². The van der Waals surface area contributed by atoms with Gasteiger partial charge in [0, 0.05) is 6.42 Å². The Balaban J connectivity index is 3.74. The van der Waals surface area contributed by atoms with Crippen LogP contribution in [0.3, 0.4) is 0 Å². The first-order chi connectivity index (χ1) is 8.47. The van der Waals surface area contributed by atoms with Gasteiger partial charge < -0.3 is 20.3 Å². The van der Waals surface area contributed by atoms with Crippen molar-refractivity contribution in [3.63, 3.8) is 0 Å². The van der Waals surface area contributed by atoms with Gasteiger partial charge in [-0.1, -0.05) is 13.3 Å². The SMILES string of the molecule is CCCCOC(=O)COC(=O)[C@@H](N)CCC(=O)O. The van der Waals surface area contributed by atoms with E-state index in [-0.39, 0.29) is 19.4 Å². The topological polar surface area (TPSA) is 116 Å². The van der Waals surface area contributed by atoms with Crippen LogP contribution in [0.4, 0.5) is 0 Å². The minimum Gasteiger partial charge on any atom is -0.481 e. The van der Waals surface area contributed by atoms with Crippen molar-refractivity contribution in [3.8, 4) is 0 Å². The lowest BCUT2D eigenvalue weighted by atomic mass is 10.2. The maximum atomic E-state index is 11.2. The molecule has 0 saturated heterocycles. The van der Waals surface area contributed by atoms with Crippen LogP contribution in [0.5, 0.6) is 0 Å². The van der Waals surface area contributed by atoms with Crippen LogP contribution in [0.15, 0.2) is 0 Å². The number of ether oxygens (including phenoxy) is 2. The van der Waals surface area contributed by atoms with Crippen LogP contribution in [-0.2, 0) is 23.9 Å². The van der Waals surface area contributed by atoms with Crippen LogP contribution >= 0.6 is 0 Å². The average molecular weight is 261 g/mol. The number of aliphatic carboxylic acids is 1. The fraction of sp³-hybridized carbons (Fsp3) is 0.727. The number of esters is 2. The Morgan fingerprint density at radius 1 is 1.28 bits per heavy atom. The molecule has 0 rings (SSSR count). The highest BCUT2D eigenvalue weighted by molar-refractivity contribution is 5.80. The third kappa shape index (κ3) is 8.51. The smallest absolute Gasteiger partial charge is 0.344 e. The second kappa shape index (κ2) is 9.41. The fourth-order valence-electron chi connectivity index (χ4n) is 1.01. The minimum atomic E-state index is -1.04. The van der Waals surface area contributed by atoms with Gasteiger partial charge in [-0.05, 0) is 12.8 Å². The lowest BCUT2D eigenvalue weighted by Gasteiger charge is -2.10. The van der Waals surface area contributed by atoms with Gasteiger partial charge in [0.1, 0.15) is 6.04 Å². The van der Waals surface area contributed by atoms with E-state index in [0.29, 0.717) is 0 Å². The molecule has 0 fully saturated rings. The molecular formula is C11H19NO6. The number of carbonyl (C=O) groups excluding carboxylic acids is 2.